The van der Waals surface area contributed by atoms with Crippen molar-refractivity contribution >= 4 is 9.84 Å². The van der Waals surface area contributed by atoms with Crippen LogP contribution in [0.15, 0.2) is 0 Å². The van der Waals surface area contributed by atoms with Crippen molar-refractivity contribution in [1.29, 1.82) is 0 Å². The Kier molecular flexibility index (Phi) is 7.04. The van der Waals surface area contributed by atoms with Crippen LogP contribution in [0.2, 0.25) is 0 Å². The van der Waals surface area contributed by atoms with Gasteiger partial charge in [0.25, 0.3) is 0 Å². The molecule has 0 aromatic rings. The molecule has 0 aromatic carbocycles. The maximum atomic E-state index is 12.0. The first kappa shape index (κ1) is 18.9. The Morgan fingerprint density at radius 3 is 1.95 bits per heavy atom. The van der Waals surface area contributed by atoms with Crippen molar-refractivity contribution < 1.29 is 8.42 Å². The van der Waals surface area contributed by atoms with E-state index in [1.165, 1.54) is 0 Å². The monoisotopic (exact) mass is 291 g/mol. The Bertz CT molecular complexity index is 355. The summed E-state index contributed by atoms with van der Waals surface area (Å²) in [4.78, 5) is 0. The lowest BCUT2D eigenvalue weighted by Crippen LogP contribution is -2.43. The predicted molar refractivity (Wildman–Crippen MR) is 84.3 cm³/mol. The molecule has 1 atom stereocenters. The molecule has 1 unspecified atom stereocenters. The van der Waals surface area contributed by atoms with Gasteiger partial charge >= 0.3 is 0 Å². The molecule has 0 heterocycles. The number of hydrogen-bond donors (Lipinski definition) is 1. The molecule has 0 rings (SSSR count). The summed E-state index contributed by atoms with van der Waals surface area (Å²) < 4.78 is 23.9. The van der Waals surface area contributed by atoms with Crippen LogP contribution in [0, 0.1) is 5.41 Å². The number of nitrogens with one attached hydrogen (secondary N) is 1. The van der Waals surface area contributed by atoms with Crippen LogP contribution in [0.3, 0.4) is 0 Å². The fraction of sp³-hybridized carbons (Fsp3) is 1.00. The Morgan fingerprint density at radius 2 is 1.58 bits per heavy atom. The van der Waals surface area contributed by atoms with E-state index in [4.69, 9.17) is 0 Å². The van der Waals surface area contributed by atoms with Gasteiger partial charge in [-0.15, -0.1) is 0 Å². The molecule has 0 spiro atoms. The van der Waals surface area contributed by atoms with Crippen LogP contribution < -0.4 is 5.32 Å². The molecule has 116 valence electrons. The number of hydrogen-bond acceptors (Lipinski definition) is 3. The molecule has 0 fully saturated rings. The van der Waals surface area contributed by atoms with Crippen molar-refractivity contribution in [1.82, 2.24) is 5.32 Å². The van der Waals surface area contributed by atoms with Gasteiger partial charge < -0.3 is 5.32 Å². The third-order valence-corrected chi connectivity index (χ3v) is 5.82. The first-order chi connectivity index (χ1) is 8.42. The summed E-state index contributed by atoms with van der Waals surface area (Å²) in [6.45, 7) is 15.2. The summed E-state index contributed by atoms with van der Waals surface area (Å²) in [6.07, 6.45) is 2.89. The van der Waals surface area contributed by atoms with E-state index in [1.807, 2.05) is 0 Å². The van der Waals surface area contributed by atoms with E-state index in [-0.39, 0.29) is 16.2 Å². The summed E-state index contributed by atoms with van der Waals surface area (Å²) in [5, 5.41) is 3.25. The highest BCUT2D eigenvalue weighted by Gasteiger charge is 2.28. The molecule has 1 N–H and O–H groups in total. The van der Waals surface area contributed by atoms with Gasteiger partial charge in [-0.25, -0.2) is 8.42 Å². The molecule has 19 heavy (non-hydrogen) atoms. The van der Waals surface area contributed by atoms with Crippen LogP contribution >= 0.6 is 0 Å². The average molecular weight is 292 g/mol. The van der Waals surface area contributed by atoms with Gasteiger partial charge in [0.2, 0.25) is 0 Å². The van der Waals surface area contributed by atoms with E-state index in [0.29, 0.717) is 5.75 Å². The zero-order chi connectivity index (χ0) is 15.3. The maximum absolute atomic E-state index is 12.0. The fourth-order valence-corrected chi connectivity index (χ4v) is 3.26. The van der Waals surface area contributed by atoms with Crippen LogP contribution in [-0.4, -0.2) is 31.5 Å². The Morgan fingerprint density at radius 1 is 1.05 bits per heavy atom. The van der Waals surface area contributed by atoms with Gasteiger partial charge in [-0.1, -0.05) is 20.3 Å². The van der Waals surface area contributed by atoms with Gasteiger partial charge in [0.1, 0.15) is 0 Å². The first-order valence-electron chi connectivity index (χ1n) is 7.38. The molecule has 0 saturated heterocycles. The van der Waals surface area contributed by atoms with E-state index in [0.717, 1.165) is 25.8 Å². The third-order valence-electron chi connectivity index (χ3n) is 3.61. The van der Waals surface area contributed by atoms with Crippen LogP contribution in [0.4, 0.5) is 0 Å². The molecule has 3 nitrogen and oxygen atoms in total. The zero-order valence-electron chi connectivity index (χ0n) is 13.8. The lowest BCUT2D eigenvalue weighted by atomic mass is 9.82. The number of sulfone groups is 1. The minimum atomic E-state index is -2.93. The van der Waals surface area contributed by atoms with Crippen LogP contribution in [-0.2, 0) is 9.84 Å². The summed E-state index contributed by atoms with van der Waals surface area (Å²) in [5.41, 5.74) is 0.135. The molecular formula is C15H33NO2S. The second kappa shape index (κ2) is 7.07. The topological polar surface area (TPSA) is 46.2 Å². The van der Waals surface area contributed by atoms with Gasteiger partial charge in [-0.05, 0) is 52.9 Å². The summed E-state index contributed by atoms with van der Waals surface area (Å²) in [6, 6.07) is 0. The standard InChI is InChI=1S/C15H33NO2S/c1-8-9-15(7,12-16-14(4,5)6)10-11-19(17,18)13(2)3/h13,16H,8-12H2,1-7H3. The molecular weight excluding hydrogens is 258 g/mol. The largest absolute Gasteiger partial charge is 0.312 e. The zero-order valence-corrected chi connectivity index (χ0v) is 14.7. The molecule has 4 heteroatoms. The molecule has 0 radical (unpaired) electrons. The summed E-state index contributed by atoms with van der Waals surface area (Å²) in [7, 11) is -2.93. The van der Waals surface area contributed by atoms with Crippen molar-refractivity contribution in [3.63, 3.8) is 0 Å². The highest BCUT2D eigenvalue weighted by molar-refractivity contribution is 7.91. The predicted octanol–water partition coefficient (Wildman–Crippen LogP) is 3.39. The highest BCUT2D eigenvalue weighted by atomic mass is 32.2. The Labute approximate surface area is 120 Å². The van der Waals surface area contributed by atoms with E-state index in [9.17, 15) is 8.42 Å². The molecule has 0 bridgehead atoms. The van der Waals surface area contributed by atoms with Gasteiger partial charge in [-0.3, -0.25) is 0 Å². The average Bonchev–Trinajstić information content (AvgIpc) is 2.24. The summed E-state index contributed by atoms with van der Waals surface area (Å²) in [5.74, 6) is 0.299. The quantitative estimate of drug-likeness (QED) is 0.745. The van der Waals surface area contributed by atoms with Gasteiger partial charge in [0.05, 0.1) is 11.0 Å². The molecule has 0 aromatic heterocycles. The molecule has 0 aliphatic carbocycles. The van der Waals surface area contributed by atoms with Crippen molar-refractivity contribution in [2.75, 3.05) is 12.3 Å². The van der Waals surface area contributed by atoms with E-state index in [1.54, 1.807) is 13.8 Å². The van der Waals surface area contributed by atoms with Crippen molar-refractivity contribution in [2.45, 2.75) is 78.5 Å². The fourth-order valence-electron chi connectivity index (χ4n) is 2.01. The minimum Gasteiger partial charge on any atom is -0.312 e. The molecule has 0 amide bonds. The van der Waals surface area contributed by atoms with Crippen LogP contribution in [0.1, 0.15) is 67.7 Å². The Hall–Kier alpha value is -0.0900. The van der Waals surface area contributed by atoms with Gasteiger partial charge in [0.15, 0.2) is 9.84 Å². The highest BCUT2D eigenvalue weighted by Crippen LogP contribution is 2.28. The lowest BCUT2D eigenvalue weighted by Gasteiger charge is -2.34. The molecule has 0 saturated carbocycles. The first-order valence-corrected chi connectivity index (χ1v) is 9.10. The maximum Gasteiger partial charge on any atom is 0.152 e. The van der Waals surface area contributed by atoms with E-state index < -0.39 is 9.84 Å². The van der Waals surface area contributed by atoms with E-state index >= 15 is 0 Å². The number of rotatable bonds is 8. The lowest BCUT2D eigenvalue weighted by molar-refractivity contribution is 0.238. The minimum absolute atomic E-state index is 0.0595. The van der Waals surface area contributed by atoms with Crippen LogP contribution in [0.5, 0.6) is 0 Å². The van der Waals surface area contributed by atoms with E-state index in [2.05, 4.69) is 39.9 Å². The van der Waals surface area contributed by atoms with Crippen molar-refractivity contribution in [3.8, 4) is 0 Å². The third kappa shape index (κ3) is 7.93. The summed E-state index contributed by atoms with van der Waals surface area (Å²) >= 11 is 0. The van der Waals surface area contributed by atoms with Gasteiger partial charge in [-0.2, -0.15) is 0 Å². The molecule has 0 aliphatic rings. The van der Waals surface area contributed by atoms with Crippen LogP contribution in [0.25, 0.3) is 0 Å². The van der Waals surface area contributed by atoms with Gasteiger partial charge in [0, 0.05) is 12.1 Å². The molecule has 0 aliphatic heterocycles. The van der Waals surface area contributed by atoms with Crippen molar-refractivity contribution in [2.24, 2.45) is 5.41 Å². The Balaban J connectivity index is 4.63. The second-order valence-corrected chi connectivity index (χ2v) is 10.0. The second-order valence-electron chi connectivity index (χ2n) is 7.33. The van der Waals surface area contributed by atoms with Crippen molar-refractivity contribution in [3.05, 3.63) is 0 Å². The normalized spacial score (nSPS) is 16.6. The smallest absolute Gasteiger partial charge is 0.152 e. The SMILES string of the molecule is CCCC(C)(CCS(=O)(=O)C(C)C)CNC(C)(C)C.